The van der Waals surface area contributed by atoms with Crippen LogP contribution in [0.15, 0.2) is 58.2 Å². The van der Waals surface area contributed by atoms with Gasteiger partial charge in [-0.15, -0.1) is 10.2 Å². The zero-order valence-corrected chi connectivity index (χ0v) is 17.9. The van der Waals surface area contributed by atoms with Crippen molar-refractivity contribution in [3.8, 4) is 17.2 Å². The van der Waals surface area contributed by atoms with Crippen molar-refractivity contribution >= 4 is 35.0 Å². The topological polar surface area (TPSA) is 97.6 Å². The third kappa shape index (κ3) is 4.95. The van der Waals surface area contributed by atoms with Crippen LogP contribution in [0.25, 0.3) is 11.5 Å². The van der Waals surface area contributed by atoms with E-state index < -0.39 is 36.2 Å². The number of methoxy groups -OCH3 is 1. The Morgan fingerprint density at radius 3 is 2.64 bits per heavy atom. The highest BCUT2D eigenvalue weighted by Crippen LogP contribution is 2.38. The number of amides is 2. The number of nitrogens with one attached hydrogen (secondary N) is 1. The molecule has 0 aliphatic carbocycles. The van der Waals surface area contributed by atoms with E-state index in [1.165, 1.54) is 25.3 Å². The molecule has 0 spiro atoms. The summed E-state index contributed by atoms with van der Waals surface area (Å²) >= 11 is 0.811. The molecular weight excluding hydrogens is 461 g/mol. The number of nitrogens with zero attached hydrogens (tertiary/aromatic N) is 3. The van der Waals surface area contributed by atoms with Gasteiger partial charge in [0.05, 0.1) is 30.7 Å². The minimum absolute atomic E-state index is 0.0232. The molecule has 0 fully saturated rings. The van der Waals surface area contributed by atoms with Gasteiger partial charge >= 0.3 is 6.18 Å². The van der Waals surface area contributed by atoms with E-state index >= 15 is 0 Å². The van der Waals surface area contributed by atoms with Gasteiger partial charge in [0.2, 0.25) is 17.7 Å². The maximum atomic E-state index is 13.8. The first-order valence-electron chi connectivity index (χ1n) is 9.64. The summed E-state index contributed by atoms with van der Waals surface area (Å²) < 4.78 is 51.9. The van der Waals surface area contributed by atoms with Gasteiger partial charge in [0.15, 0.2) is 0 Å². The van der Waals surface area contributed by atoms with Crippen molar-refractivity contribution < 1.29 is 31.9 Å². The summed E-state index contributed by atoms with van der Waals surface area (Å²) in [7, 11) is 1.53. The van der Waals surface area contributed by atoms with Crippen LogP contribution >= 0.6 is 11.8 Å². The lowest BCUT2D eigenvalue weighted by atomic mass is 10.1. The summed E-state index contributed by atoms with van der Waals surface area (Å²) in [5.41, 5.74) is 0.720. The predicted octanol–water partition coefficient (Wildman–Crippen LogP) is 4.14. The Balaban J connectivity index is 1.54. The maximum Gasteiger partial charge on any atom is 0.409 e. The van der Waals surface area contributed by atoms with Crippen molar-refractivity contribution in [2.24, 2.45) is 0 Å². The van der Waals surface area contributed by atoms with Gasteiger partial charge in [-0.25, -0.2) is 0 Å². The molecular formula is C21H17F3N4O4S. The number of carbonyl (C=O) groups is 2. The van der Waals surface area contributed by atoms with Gasteiger partial charge in [-0.3, -0.25) is 14.5 Å². The van der Waals surface area contributed by atoms with E-state index in [-0.39, 0.29) is 22.5 Å². The lowest BCUT2D eigenvalue weighted by Gasteiger charge is -2.31. The van der Waals surface area contributed by atoms with Crippen LogP contribution in [-0.4, -0.2) is 47.1 Å². The Hall–Kier alpha value is -3.54. The lowest BCUT2D eigenvalue weighted by Crippen LogP contribution is -2.50. The fraction of sp³-hybridized carbons (Fsp3) is 0.238. The molecule has 172 valence electrons. The highest BCUT2D eigenvalue weighted by atomic mass is 32.2. The van der Waals surface area contributed by atoms with Gasteiger partial charge in [-0.1, -0.05) is 23.9 Å². The Kier molecular flexibility index (Phi) is 6.27. The highest BCUT2D eigenvalue weighted by Gasteiger charge is 2.48. The summed E-state index contributed by atoms with van der Waals surface area (Å²) in [5.74, 6) is -1.25. The molecule has 1 N–H and O–H groups in total. The number of ether oxygens (including phenoxy) is 1. The number of rotatable bonds is 5. The molecule has 1 aromatic heterocycles. The fourth-order valence-corrected chi connectivity index (χ4v) is 3.93. The SMILES string of the molecule is COc1ccc(-c2nnc(SCC(=O)N3c4ccccc4NC(=O)CC3C(F)(F)F)o2)cc1. The maximum absolute atomic E-state index is 13.8. The van der Waals surface area contributed by atoms with Gasteiger partial charge < -0.3 is 14.5 Å². The molecule has 2 amide bonds. The zero-order valence-electron chi connectivity index (χ0n) is 17.1. The highest BCUT2D eigenvalue weighted by molar-refractivity contribution is 7.99. The fourth-order valence-electron chi connectivity index (χ4n) is 3.31. The second-order valence-corrected chi connectivity index (χ2v) is 7.91. The largest absolute Gasteiger partial charge is 0.497 e. The number of para-hydroxylation sites is 2. The number of anilines is 2. The van der Waals surface area contributed by atoms with Gasteiger partial charge in [0.1, 0.15) is 11.8 Å². The van der Waals surface area contributed by atoms with E-state index in [2.05, 4.69) is 15.5 Å². The average Bonchev–Trinajstić information content (AvgIpc) is 3.20. The molecule has 0 saturated heterocycles. The molecule has 12 heteroatoms. The van der Waals surface area contributed by atoms with Gasteiger partial charge in [-0.05, 0) is 36.4 Å². The molecule has 8 nitrogen and oxygen atoms in total. The van der Waals surface area contributed by atoms with E-state index in [0.717, 1.165) is 11.8 Å². The van der Waals surface area contributed by atoms with E-state index in [0.29, 0.717) is 16.2 Å². The van der Waals surface area contributed by atoms with Gasteiger partial charge in [-0.2, -0.15) is 13.2 Å². The number of aromatic nitrogens is 2. The quantitative estimate of drug-likeness (QED) is 0.551. The number of fused-ring (bicyclic) bond motifs is 1. The minimum Gasteiger partial charge on any atom is -0.497 e. The van der Waals surface area contributed by atoms with Crippen LogP contribution in [0.3, 0.4) is 0 Å². The zero-order chi connectivity index (χ0) is 23.6. The predicted molar refractivity (Wildman–Crippen MR) is 114 cm³/mol. The third-order valence-corrected chi connectivity index (χ3v) is 5.64. The summed E-state index contributed by atoms with van der Waals surface area (Å²) in [6, 6.07) is 10.4. The lowest BCUT2D eigenvalue weighted by molar-refractivity contribution is -0.157. The van der Waals surface area contributed by atoms with Crippen molar-refractivity contribution in [2.75, 3.05) is 23.1 Å². The second kappa shape index (κ2) is 9.14. The number of benzene rings is 2. The molecule has 0 bridgehead atoms. The summed E-state index contributed by atoms with van der Waals surface area (Å²) in [6.45, 7) is 0. The molecule has 2 heterocycles. The van der Waals surface area contributed by atoms with Crippen molar-refractivity contribution in [3.05, 3.63) is 48.5 Å². The Labute approximate surface area is 190 Å². The molecule has 1 unspecified atom stereocenters. The van der Waals surface area contributed by atoms with Crippen molar-refractivity contribution in [2.45, 2.75) is 23.9 Å². The molecule has 1 aliphatic heterocycles. The van der Waals surface area contributed by atoms with Gasteiger partial charge in [0, 0.05) is 5.56 Å². The molecule has 1 atom stereocenters. The van der Waals surface area contributed by atoms with Crippen molar-refractivity contribution in [1.29, 1.82) is 0 Å². The normalized spacial score (nSPS) is 16.1. The van der Waals surface area contributed by atoms with Crippen LogP contribution in [-0.2, 0) is 9.59 Å². The third-order valence-electron chi connectivity index (χ3n) is 4.84. The van der Waals surface area contributed by atoms with E-state index in [1.54, 1.807) is 30.3 Å². The smallest absolute Gasteiger partial charge is 0.409 e. The Morgan fingerprint density at radius 1 is 1.21 bits per heavy atom. The summed E-state index contributed by atoms with van der Waals surface area (Å²) in [6.07, 6.45) is -5.71. The first kappa shape index (κ1) is 22.6. The first-order chi connectivity index (χ1) is 15.8. The van der Waals surface area contributed by atoms with Crippen molar-refractivity contribution in [1.82, 2.24) is 10.2 Å². The molecule has 3 aromatic rings. The molecule has 0 radical (unpaired) electrons. The van der Waals surface area contributed by atoms with Crippen LogP contribution in [0, 0.1) is 0 Å². The number of hydrogen-bond acceptors (Lipinski definition) is 7. The van der Waals surface area contributed by atoms with E-state index in [1.807, 2.05) is 0 Å². The summed E-state index contributed by atoms with van der Waals surface area (Å²) in [5, 5.41) is 10.2. The Morgan fingerprint density at radius 2 is 1.94 bits per heavy atom. The molecule has 33 heavy (non-hydrogen) atoms. The van der Waals surface area contributed by atoms with E-state index in [9.17, 15) is 22.8 Å². The number of carbonyl (C=O) groups excluding carboxylic acids is 2. The number of thioether (sulfide) groups is 1. The minimum atomic E-state index is -4.80. The van der Waals surface area contributed by atoms with Crippen LogP contribution in [0.1, 0.15) is 6.42 Å². The second-order valence-electron chi connectivity index (χ2n) is 6.98. The average molecular weight is 478 g/mol. The molecule has 0 saturated carbocycles. The van der Waals surface area contributed by atoms with Crippen LogP contribution in [0.2, 0.25) is 0 Å². The van der Waals surface area contributed by atoms with Crippen LogP contribution in [0.4, 0.5) is 24.5 Å². The number of halogens is 3. The number of alkyl halides is 3. The monoisotopic (exact) mass is 478 g/mol. The van der Waals surface area contributed by atoms with Gasteiger partial charge in [0.25, 0.3) is 5.22 Å². The summed E-state index contributed by atoms with van der Waals surface area (Å²) in [4.78, 5) is 25.6. The molecule has 1 aliphatic rings. The number of hydrogen-bond donors (Lipinski definition) is 1. The standard InChI is InChI=1S/C21H17F3N4O4S/c1-31-13-8-6-12(7-9-13)19-26-27-20(32-19)33-11-18(30)28-15-5-3-2-4-14(15)25-17(29)10-16(28)21(22,23)24/h2-9,16H,10-11H2,1H3,(H,25,29). The molecule has 2 aromatic carbocycles. The van der Waals surface area contributed by atoms with E-state index in [4.69, 9.17) is 9.15 Å². The van der Waals surface area contributed by atoms with Crippen molar-refractivity contribution in [3.63, 3.8) is 0 Å². The van der Waals surface area contributed by atoms with Crippen LogP contribution in [0.5, 0.6) is 5.75 Å². The molecule has 4 rings (SSSR count). The first-order valence-corrected chi connectivity index (χ1v) is 10.6. The Bertz CT molecular complexity index is 1170. The van der Waals surface area contributed by atoms with Crippen LogP contribution < -0.4 is 15.0 Å².